The first-order valence-electron chi connectivity index (χ1n) is 9.54. The molecule has 154 valence electrons. The van der Waals surface area contributed by atoms with Crippen LogP contribution in [0.3, 0.4) is 0 Å². The van der Waals surface area contributed by atoms with Crippen molar-refractivity contribution in [2.45, 2.75) is 26.4 Å². The van der Waals surface area contributed by atoms with Crippen LogP contribution in [-0.2, 0) is 4.79 Å². The Morgan fingerprint density at radius 3 is 2.52 bits per heavy atom. The molecule has 5 nitrogen and oxygen atoms in total. The number of carbonyl (C=O) groups excluding carboxylic acids is 2. The van der Waals surface area contributed by atoms with Crippen LogP contribution in [0.25, 0.3) is 0 Å². The Hall–Kier alpha value is -2.96. The normalized spacial score (nSPS) is 16.6. The number of aryl methyl sites for hydroxylation is 1. The van der Waals surface area contributed by atoms with Gasteiger partial charge in [0, 0.05) is 25.8 Å². The van der Waals surface area contributed by atoms with Crippen molar-refractivity contribution in [3.63, 3.8) is 0 Å². The first-order chi connectivity index (χ1) is 13.9. The molecular weight excluding hydrogens is 378 g/mol. The second kappa shape index (κ2) is 9.03. The van der Waals surface area contributed by atoms with Crippen molar-refractivity contribution in [3.8, 4) is 5.75 Å². The van der Waals surface area contributed by atoms with Gasteiger partial charge in [-0.1, -0.05) is 29.8 Å². The van der Waals surface area contributed by atoms with E-state index in [0.717, 1.165) is 11.3 Å². The largest absolute Gasteiger partial charge is 0.434 e. The first kappa shape index (κ1) is 20.8. The molecule has 0 radical (unpaired) electrons. The van der Waals surface area contributed by atoms with Crippen molar-refractivity contribution >= 4 is 17.5 Å². The number of rotatable bonds is 5. The number of hydrogen-bond acceptors (Lipinski definition) is 3. The first-order valence-corrected chi connectivity index (χ1v) is 9.54. The van der Waals surface area contributed by atoms with E-state index < -0.39 is 12.5 Å². The number of nitrogens with zero attached hydrogens (tertiary/aromatic N) is 2. The van der Waals surface area contributed by atoms with E-state index in [1.807, 2.05) is 31.2 Å². The molecule has 1 heterocycles. The Kier molecular flexibility index (Phi) is 6.46. The predicted molar refractivity (Wildman–Crippen MR) is 106 cm³/mol. The number of halogens is 2. The second-order valence-corrected chi connectivity index (χ2v) is 7.20. The number of para-hydroxylation sites is 1. The van der Waals surface area contributed by atoms with Gasteiger partial charge in [0.2, 0.25) is 5.91 Å². The van der Waals surface area contributed by atoms with Gasteiger partial charge in [-0.25, -0.2) is 0 Å². The highest BCUT2D eigenvalue weighted by Gasteiger charge is 2.32. The minimum Gasteiger partial charge on any atom is -0.434 e. The van der Waals surface area contributed by atoms with Gasteiger partial charge < -0.3 is 14.5 Å². The summed E-state index contributed by atoms with van der Waals surface area (Å²) >= 11 is 0. The topological polar surface area (TPSA) is 49.9 Å². The van der Waals surface area contributed by atoms with Gasteiger partial charge in [-0.2, -0.15) is 8.78 Å². The molecule has 0 spiro atoms. The number of likely N-dealkylation sites (tertiary alicyclic amines) is 1. The summed E-state index contributed by atoms with van der Waals surface area (Å²) in [6.45, 7) is -0.314. The van der Waals surface area contributed by atoms with Gasteiger partial charge in [-0.3, -0.25) is 9.59 Å². The molecule has 7 heteroatoms. The molecule has 29 heavy (non-hydrogen) atoms. The van der Waals surface area contributed by atoms with Crippen molar-refractivity contribution in [3.05, 3.63) is 59.7 Å². The van der Waals surface area contributed by atoms with Gasteiger partial charge in [0.15, 0.2) is 0 Å². The maximum Gasteiger partial charge on any atom is 0.387 e. The highest BCUT2D eigenvalue weighted by Crippen LogP contribution is 2.26. The average Bonchev–Trinajstić information content (AvgIpc) is 2.73. The summed E-state index contributed by atoms with van der Waals surface area (Å²) in [7, 11) is 1.72. The number of anilines is 1. The van der Waals surface area contributed by atoms with Gasteiger partial charge in [0.25, 0.3) is 5.91 Å². The summed E-state index contributed by atoms with van der Waals surface area (Å²) in [4.78, 5) is 29.0. The molecule has 1 saturated heterocycles. The summed E-state index contributed by atoms with van der Waals surface area (Å²) < 4.78 is 29.8. The maximum atomic E-state index is 13.0. The minimum absolute atomic E-state index is 0.0662. The Morgan fingerprint density at radius 1 is 1.14 bits per heavy atom. The molecule has 1 unspecified atom stereocenters. The third kappa shape index (κ3) is 4.91. The summed E-state index contributed by atoms with van der Waals surface area (Å²) in [6, 6.07) is 13.6. The van der Waals surface area contributed by atoms with Crippen LogP contribution in [0.4, 0.5) is 14.5 Å². The fraction of sp³-hybridized carbons (Fsp3) is 0.364. The van der Waals surface area contributed by atoms with Crippen LogP contribution in [0, 0.1) is 12.8 Å². The van der Waals surface area contributed by atoms with Gasteiger partial charge in [-0.15, -0.1) is 0 Å². The fourth-order valence-electron chi connectivity index (χ4n) is 3.55. The summed E-state index contributed by atoms with van der Waals surface area (Å²) in [5.74, 6) is -0.972. The molecule has 2 amide bonds. The number of ether oxygens (including phenoxy) is 1. The number of hydrogen-bond donors (Lipinski definition) is 0. The molecule has 0 N–H and O–H groups in total. The van der Waals surface area contributed by atoms with Crippen LogP contribution in [0.2, 0.25) is 0 Å². The monoisotopic (exact) mass is 402 g/mol. The van der Waals surface area contributed by atoms with Crippen LogP contribution < -0.4 is 9.64 Å². The van der Waals surface area contributed by atoms with Gasteiger partial charge in [-0.05, 0) is 44.0 Å². The molecule has 0 saturated carbocycles. The van der Waals surface area contributed by atoms with E-state index in [4.69, 9.17) is 0 Å². The van der Waals surface area contributed by atoms with Gasteiger partial charge >= 0.3 is 6.61 Å². The van der Waals surface area contributed by atoms with Crippen LogP contribution in [0.5, 0.6) is 5.75 Å². The molecule has 3 rings (SSSR count). The average molecular weight is 402 g/mol. The minimum atomic E-state index is -3.01. The molecule has 0 aromatic heterocycles. The number of amides is 2. The molecular formula is C22H24F2N2O3. The van der Waals surface area contributed by atoms with E-state index in [1.165, 1.54) is 18.2 Å². The molecule has 1 aliphatic rings. The third-order valence-electron chi connectivity index (χ3n) is 5.14. The van der Waals surface area contributed by atoms with Crippen molar-refractivity contribution in [1.82, 2.24) is 4.90 Å². The van der Waals surface area contributed by atoms with E-state index in [9.17, 15) is 18.4 Å². The van der Waals surface area contributed by atoms with E-state index in [-0.39, 0.29) is 29.7 Å². The lowest BCUT2D eigenvalue weighted by molar-refractivity contribution is -0.123. The number of carbonyl (C=O) groups is 2. The predicted octanol–water partition coefficient (Wildman–Crippen LogP) is 4.11. The third-order valence-corrected chi connectivity index (χ3v) is 5.14. The van der Waals surface area contributed by atoms with E-state index >= 15 is 0 Å². The Morgan fingerprint density at radius 2 is 1.83 bits per heavy atom. The summed E-state index contributed by atoms with van der Waals surface area (Å²) in [5.41, 5.74) is 1.97. The Labute approximate surface area is 168 Å². The Balaban J connectivity index is 1.73. The van der Waals surface area contributed by atoms with Crippen molar-refractivity contribution in [1.29, 1.82) is 0 Å². The van der Waals surface area contributed by atoms with Gasteiger partial charge in [0.1, 0.15) is 5.75 Å². The SMILES string of the molecule is Cc1ccc(N(C)C(=O)C2CCCN(C(=O)c3ccccc3OC(F)F)C2)cc1. The highest BCUT2D eigenvalue weighted by molar-refractivity contribution is 5.98. The zero-order valence-corrected chi connectivity index (χ0v) is 16.5. The molecule has 0 bridgehead atoms. The lowest BCUT2D eigenvalue weighted by Gasteiger charge is -2.34. The Bertz CT molecular complexity index is 871. The standard InChI is InChI=1S/C22H24F2N2O3/c1-15-9-11-17(12-10-15)25(2)20(27)16-6-5-13-26(14-16)21(28)18-7-3-4-8-19(18)29-22(23)24/h3-4,7-12,16,22H,5-6,13-14H2,1-2H3. The van der Waals surface area contributed by atoms with Crippen LogP contribution in [0.1, 0.15) is 28.8 Å². The van der Waals surface area contributed by atoms with Crippen LogP contribution >= 0.6 is 0 Å². The molecule has 0 aliphatic carbocycles. The van der Waals surface area contributed by atoms with Crippen molar-refractivity contribution < 1.29 is 23.1 Å². The zero-order chi connectivity index (χ0) is 21.0. The lowest BCUT2D eigenvalue weighted by Crippen LogP contribution is -2.46. The number of benzene rings is 2. The van der Waals surface area contributed by atoms with Crippen molar-refractivity contribution in [2.75, 3.05) is 25.0 Å². The fourth-order valence-corrected chi connectivity index (χ4v) is 3.55. The molecule has 1 aliphatic heterocycles. The summed E-state index contributed by atoms with van der Waals surface area (Å²) in [5, 5.41) is 0. The zero-order valence-electron chi connectivity index (χ0n) is 16.5. The second-order valence-electron chi connectivity index (χ2n) is 7.20. The molecule has 2 aromatic carbocycles. The van der Waals surface area contributed by atoms with Crippen molar-refractivity contribution in [2.24, 2.45) is 5.92 Å². The van der Waals surface area contributed by atoms with Crippen LogP contribution in [0.15, 0.2) is 48.5 Å². The van der Waals surface area contributed by atoms with Crippen LogP contribution in [-0.4, -0.2) is 43.5 Å². The number of alkyl halides is 2. The highest BCUT2D eigenvalue weighted by atomic mass is 19.3. The molecule has 1 atom stereocenters. The summed E-state index contributed by atoms with van der Waals surface area (Å²) in [6.07, 6.45) is 1.34. The van der Waals surface area contributed by atoms with E-state index in [1.54, 1.807) is 22.9 Å². The lowest BCUT2D eigenvalue weighted by atomic mass is 9.95. The van der Waals surface area contributed by atoms with Gasteiger partial charge in [0.05, 0.1) is 11.5 Å². The number of piperidine rings is 1. The molecule has 2 aromatic rings. The van der Waals surface area contributed by atoms with E-state index in [0.29, 0.717) is 19.4 Å². The maximum absolute atomic E-state index is 13.0. The smallest absolute Gasteiger partial charge is 0.387 e. The molecule has 1 fully saturated rings. The quantitative estimate of drug-likeness (QED) is 0.756. The van der Waals surface area contributed by atoms with E-state index in [2.05, 4.69) is 4.74 Å².